The lowest BCUT2D eigenvalue weighted by Gasteiger charge is -2.11. The van der Waals surface area contributed by atoms with E-state index in [4.69, 9.17) is 9.15 Å². The number of carbonyl (C=O) groups excluding carboxylic acids is 2. The molecule has 9 nitrogen and oxygen atoms in total. The van der Waals surface area contributed by atoms with E-state index in [9.17, 15) is 19.7 Å². The number of non-ortho nitro benzene ring substituents is 1. The van der Waals surface area contributed by atoms with Crippen molar-refractivity contribution in [2.24, 2.45) is 0 Å². The monoisotopic (exact) mass is 511 g/mol. The number of ether oxygens (including phenoxy) is 1. The van der Waals surface area contributed by atoms with E-state index >= 15 is 0 Å². The molecule has 0 aliphatic heterocycles. The van der Waals surface area contributed by atoms with Gasteiger partial charge in [-0.2, -0.15) is 0 Å². The van der Waals surface area contributed by atoms with Crippen LogP contribution in [0, 0.1) is 10.1 Å². The molecule has 0 atom stereocenters. The predicted molar refractivity (Wildman–Crippen MR) is 142 cm³/mol. The van der Waals surface area contributed by atoms with Crippen LogP contribution in [0.3, 0.4) is 0 Å². The van der Waals surface area contributed by atoms with Gasteiger partial charge in [-0.15, -0.1) is 0 Å². The summed E-state index contributed by atoms with van der Waals surface area (Å²) < 4.78 is 11.0. The zero-order chi connectivity index (χ0) is 26.9. The van der Waals surface area contributed by atoms with E-state index in [2.05, 4.69) is 10.6 Å². The maximum absolute atomic E-state index is 13.1. The highest BCUT2D eigenvalue weighted by molar-refractivity contribution is 6.05. The van der Waals surface area contributed by atoms with Gasteiger partial charge in [-0.05, 0) is 48.4 Å². The Labute approximate surface area is 218 Å². The van der Waals surface area contributed by atoms with E-state index in [1.54, 1.807) is 48.5 Å². The summed E-state index contributed by atoms with van der Waals surface area (Å²) in [6.07, 6.45) is 2.03. The van der Waals surface area contributed by atoms with Crippen molar-refractivity contribution >= 4 is 23.6 Å². The number of carbonyl (C=O) groups is 2. The number of methoxy groups -OCH3 is 1. The molecular formula is C29H25N3O6. The Morgan fingerprint density at radius 2 is 1.74 bits per heavy atom. The Morgan fingerprint density at radius 3 is 2.45 bits per heavy atom. The van der Waals surface area contributed by atoms with Crippen LogP contribution in [0.2, 0.25) is 0 Å². The second-order valence-corrected chi connectivity index (χ2v) is 8.24. The largest absolute Gasteiger partial charge is 0.497 e. The number of nitro groups is 1. The van der Waals surface area contributed by atoms with Crippen LogP contribution in [-0.4, -0.2) is 30.4 Å². The van der Waals surface area contributed by atoms with Crippen LogP contribution in [0.25, 0.3) is 17.4 Å². The summed E-state index contributed by atoms with van der Waals surface area (Å²) in [7, 11) is 1.53. The molecular weight excluding hydrogens is 486 g/mol. The summed E-state index contributed by atoms with van der Waals surface area (Å²) in [4.78, 5) is 36.6. The van der Waals surface area contributed by atoms with Crippen molar-refractivity contribution in [2.45, 2.75) is 6.42 Å². The fraction of sp³-hybridized carbons (Fsp3) is 0.103. The first-order valence-corrected chi connectivity index (χ1v) is 11.8. The number of benzene rings is 3. The van der Waals surface area contributed by atoms with Gasteiger partial charge in [-0.1, -0.05) is 42.5 Å². The third kappa shape index (κ3) is 6.73. The third-order valence-electron chi connectivity index (χ3n) is 5.64. The number of nitrogens with one attached hydrogen (secondary N) is 2. The van der Waals surface area contributed by atoms with Gasteiger partial charge in [0.05, 0.1) is 12.0 Å². The van der Waals surface area contributed by atoms with Crippen LogP contribution in [0.4, 0.5) is 5.69 Å². The molecule has 38 heavy (non-hydrogen) atoms. The summed E-state index contributed by atoms with van der Waals surface area (Å²) in [5.41, 5.74) is 1.83. The zero-order valence-corrected chi connectivity index (χ0v) is 20.5. The summed E-state index contributed by atoms with van der Waals surface area (Å²) >= 11 is 0. The summed E-state index contributed by atoms with van der Waals surface area (Å²) in [6.45, 7) is 0.357. The van der Waals surface area contributed by atoms with Crippen molar-refractivity contribution in [2.75, 3.05) is 13.7 Å². The van der Waals surface area contributed by atoms with E-state index in [1.807, 2.05) is 30.3 Å². The SMILES string of the molecule is COc1ccc(C(=O)NC(=Cc2ccc(-c3cccc([N+](=O)[O-])c3)o2)C(=O)NCCc2ccccc2)cc1. The van der Waals surface area contributed by atoms with Gasteiger partial charge < -0.3 is 19.8 Å². The van der Waals surface area contributed by atoms with Crippen molar-refractivity contribution in [1.29, 1.82) is 0 Å². The van der Waals surface area contributed by atoms with Gasteiger partial charge in [-0.3, -0.25) is 19.7 Å². The second kappa shape index (κ2) is 12.2. The minimum atomic E-state index is -0.490. The van der Waals surface area contributed by atoms with Crippen LogP contribution in [-0.2, 0) is 11.2 Å². The molecule has 0 aliphatic rings. The predicted octanol–water partition coefficient (Wildman–Crippen LogP) is 4.99. The zero-order valence-electron chi connectivity index (χ0n) is 20.5. The van der Waals surface area contributed by atoms with Gasteiger partial charge in [0.2, 0.25) is 0 Å². The van der Waals surface area contributed by atoms with E-state index < -0.39 is 16.7 Å². The lowest BCUT2D eigenvalue weighted by molar-refractivity contribution is -0.384. The van der Waals surface area contributed by atoms with E-state index in [0.29, 0.717) is 35.6 Å². The van der Waals surface area contributed by atoms with E-state index in [-0.39, 0.29) is 17.1 Å². The highest BCUT2D eigenvalue weighted by atomic mass is 16.6. The fourth-order valence-electron chi connectivity index (χ4n) is 3.66. The molecule has 0 fully saturated rings. The van der Waals surface area contributed by atoms with Crippen LogP contribution >= 0.6 is 0 Å². The van der Waals surface area contributed by atoms with Gasteiger partial charge in [0.25, 0.3) is 17.5 Å². The standard InChI is InChI=1S/C29H25N3O6/c1-37-24-12-10-21(11-13-24)28(33)31-26(29(34)30-17-16-20-6-3-2-4-7-20)19-25-14-15-27(38-25)22-8-5-9-23(18-22)32(35)36/h2-15,18-19H,16-17H2,1H3,(H,30,34)(H,31,33). The Balaban J connectivity index is 1.55. The van der Waals surface area contributed by atoms with Crippen LogP contribution < -0.4 is 15.4 Å². The molecule has 9 heteroatoms. The van der Waals surface area contributed by atoms with E-state index in [1.165, 1.54) is 25.3 Å². The molecule has 2 N–H and O–H groups in total. The Kier molecular flexibility index (Phi) is 8.30. The fourth-order valence-corrected chi connectivity index (χ4v) is 3.66. The number of hydrogen-bond donors (Lipinski definition) is 2. The molecule has 0 radical (unpaired) electrons. The molecule has 0 saturated carbocycles. The van der Waals surface area contributed by atoms with Gasteiger partial charge in [0.1, 0.15) is 23.0 Å². The molecule has 0 unspecified atom stereocenters. The van der Waals surface area contributed by atoms with Gasteiger partial charge in [0.15, 0.2) is 0 Å². The summed E-state index contributed by atoms with van der Waals surface area (Å²) in [5, 5.41) is 16.6. The molecule has 2 amide bonds. The normalized spacial score (nSPS) is 11.0. The van der Waals surface area contributed by atoms with Gasteiger partial charge >= 0.3 is 0 Å². The number of nitro benzene ring substituents is 1. The van der Waals surface area contributed by atoms with Crippen LogP contribution in [0.1, 0.15) is 21.7 Å². The maximum Gasteiger partial charge on any atom is 0.270 e. The summed E-state index contributed by atoms with van der Waals surface area (Å²) in [5.74, 6) is 0.291. The second-order valence-electron chi connectivity index (χ2n) is 8.24. The minimum absolute atomic E-state index is 0.0150. The first-order valence-electron chi connectivity index (χ1n) is 11.8. The molecule has 1 aromatic heterocycles. The van der Waals surface area contributed by atoms with Crippen molar-refractivity contribution < 1.29 is 23.7 Å². The number of furan rings is 1. The Bertz CT molecular complexity index is 1460. The smallest absolute Gasteiger partial charge is 0.270 e. The molecule has 1 heterocycles. The Morgan fingerprint density at radius 1 is 0.974 bits per heavy atom. The topological polar surface area (TPSA) is 124 Å². The number of nitrogens with zero attached hydrogens (tertiary/aromatic N) is 1. The first-order chi connectivity index (χ1) is 18.4. The Hall–Kier alpha value is -5.18. The van der Waals surface area contributed by atoms with Crippen molar-refractivity contribution in [3.05, 3.63) is 124 Å². The van der Waals surface area contributed by atoms with E-state index in [0.717, 1.165) is 5.56 Å². The molecule has 0 spiro atoms. The van der Waals surface area contributed by atoms with Crippen molar-refractivity contribution in [3.63, 3.8) is 0 Å². The number of amides is 2. The average Bonchev–Trinajstić information content (AvgIpc) is 3.42. The molecule has 4 aromatic rings. The maximum atomic E-state index is 13.1. The molecule has 4 rings (SSSR count). The summed E-state index contributed by atoms with van der Waals surface area (Å²) in [6, 6.07) is 25.5. The van der Waals surface area contributed by atoms with Gasteiger partial charge in [0, 0.05) is 35.9 Å². The molecule has 0 saturated heterocycles. The van der Waals surface area contributed by atoms with Gasteiger partial charge in [-0.25, -0.2) is 0 Å². The number of hydrogen-bond acceptors (Lipinski definition) is 6. The van der Waals surface area contributed by atoms with Crippen LogP contribution in [0.15, 0.2) is 101 Å². The number of rotatable bonds is 10. The van der Waals surface area contributed by atoms with Crippen molar-refractivity contribution in [3.8, 4) is 17.1 Å². The third-order valence-corrected chi connectivity index (χ3v) is 5.64. The lowest BCUT2D eigenvalue weighted by Crippen LogP contribution is -2.35. The minimum Gasteiger partial charge on any atom is -0.497 e. The molecule has 0 aliphatic carbocycles. The first kappa shape index (κ1) is 25.9. The quantitative estimate of drug-likeness (QED) is 0.176. The molecule has 192 valence electrons. The highest BCUT2D eigenvalue weighted by Crippen LogP contribution is 2.26. The molecule has 3 aromatic carbocycles. The highest BCUT2D eigenvalue weighted by Gasteiger charge is 2.16. The van der Waals surface area contributed by atoms with Crippen LogP contribution in [0.5, 0.6) is 5.75 Å². The lowest BCUT2D eigenvalue weighted by atomic mass is 10.1. The molecule has 0 bridgehead atoms. The average molecular weight is 512 g/mol. The van der Waals surface area contributed by atoms with Crippen molar-refractivity contribution in [1.82, 2.24) is 10.6 Å².